The summed E-state index contributed by atoms with van der Waals surface area (Å²) >= 11 is 0. The molecule has 0 bridgehead atoms. The van der Waals surface area contributed by atoms with Gasteiger partial charge in [0.25, 0.3) is 0 Å². The van der Waals surface area contributed by atoms with Crippen LogP contribution in [0, 0.1) is 0 Å². The minimum absolute atomic E-state index is 0.155. The molecule has 0 aliphatic heterocycles. The van der Waals surface area contributed by atoms with Crippen molar-refractivity contribution in [2.45, 2.75) is 20.3 Å². The Labute approximate surface area is 120 Å². The minimum atomic E-state index is -0.482. The van der Waals surface area contributed by atoms with Gasteiger partial charge in [-0.05, 0) is 13.1 Å². The third-order valence-corrected chi connectivity index (χ3v) is 2.65. The van der Waals surface area contributed by atoms with Gasteiger partial charge in [0.15, 0.2) is 0 Å². The Morgan fingerprint density at radius 2 is 1.75 bits per heavy atom. The normalized spacial score (nSPS) is 10.3. The quantitative estimate of drug-likeness (QED) is 0.303. The van der Waals surface area contributed by atoms with Crippen LogP contribution in [0.25, 0.3) is 0 Å². The van der Waals surface area contributed by atoms with Crippen molar-refractivity contribution in [1.29, 1.82) is 0 Å². The summed E-state index contributed by atoms with van der Waals surface area (Å²) in [5, 5.41) is 0. The average molecular weight is 287 g/mol. The number of carbonyl (C=O) groups is 2. The molecule has 0 spiro atoms. The van der Waals surface area contributed by atoms with Crippen LogP contribution in [0.2, 0.25) is 0 Å². The number of hydrogen-bond acceptors (Lipinski definition) is 6. The number of likely N-dealkylation sites (N-methyl/N-ethyl adjacent to an activating group) is 1. The van der Waals surface area contributed by atoms with E-state index >= 15 is 0 Å². The van der Waals surface area contributed by atoms with Crippen molar-refractivity contribution in [3.63, 3.8) is 0 Å². The Bertz CT molecular complexity index is 289. The van der Waals surface area contributed by atoms with Crippen LogP contribution in [0.3, 0.4) is 0 Å². The fourth-order valence-corrected chi connectivity index (χ4v) is 1.42. The molecule has 0 saturated carbocycles. The van der Waals surface area contributed by atoms with E-state index in [4.69, 9.17) is 14.2 Å². The lowest BCUT2D eigenvalue weighted by Gasteiger charge is -2.17. The van der Waals surface area contributed by atoms with Crippen molar-refractivity contribution in [1.82, 2.24) is 4.90 Å². The summed E-state index contributed by atoms with van der Waals surface area (Å²) < 4.78 is 14.9. The summed E-state index contributed by atoms with van der Waals surface area (Å²) in [5.41, 5.74) is 0. The van der Waals surface area contributed by atoms with Crippen molar-refractivity contribution >= 4 is 11.9 Å². The second-order valence-corrected chi connectivity index (χ2v) is 3.98. The zero-order chi connectivity index (χ0) is 15.2. The monoisotopic (exact) mass is 287 g/mol. The highest BCUT2D eigenvalue weighted by Gasteiger charge is 2.05. The molecule has 116 valence electrons. The van der Waals surface area contributed by atoms with E-state index in [1.165, 1.54) is 0 Å². The number of esters is 2. The van der Waals surface area contributed by atoms with Gasteiger partial charge in [-0.15, -0.1) is 0 Å². The molecule has 0 aromatic carbocycles. The first-order valence-corrected chi connectivity index (χ1v) is 6.88. The van der Waals surface area contributed by atoms with Crippen molar-refractivity contribution in [3.8, 4) is 0 Å². The van der Waals surface area contributed by atoms with Gasteiger partial charge in [0.1, 0.15) is 13.2 Å². The van der Waals surface area contributed by atoms with Crippen molar-refractivity contribution in [2.75, 3.05) is 46.1 Å². The standard InChI is InChI=1S/C14H25NO5/c1-4-13(16)20-12-11-18-9-7-14(17)19-10-8-15(5-2)6-3/h4H,1,5-12H2,2-3H3. The van der Waals surface area contributed by atoms with Crippen molar-refractivity contribution < 1.29 is 23.8 Å². The second kappa shape index (κ2) is 12.6. The maximum atomic E-state index is 11.4. The number of hydrogen-bond donors (Lipinski definition) is 0. The Kier molecular flexibility index (Phi) is 11.7. The summed E-state index contributed by atoms with van der Waals surface area (Å²) in [5.74, 6) is -0.760. The lowest BCUT2D eigenvalue weighted by molar-refractivity contribution is -0.146. The molecule has 0 saturated heterocycles. The third-order valence-electron chi connectivity index (χ3n) is 2.65. The van der Waals surface area contributed by atoms with Gasteiger partial charge < -0.3 is 19.1 Å². The molecule has 20 heavy (non-hydrogen) atoms. The van der Waals surface area contributed by atoms with Crippen LogP contribution < -0.4 is 0 Å². The Morgan fingerprint density at radius 1 is 1.05 bits per heavy atom. The summed E-state index contributed by atoms with van der Waals surface area (Å²) in [6.45, 7) is 11.1. The molecule has 0 atom stereocenters. The van der Waals surface area contributed by atoms with Crippen molar-refractivity contribution in [3.05, 3.63) is 12.7 Å². The fourth-order valence-electron chi connectivity index (χ4n) is 1.42. The Balaban J connectivity index is 3.41. The molecule has 0 rings (SSSR count). The smallest absolute Gasteiger partial charge is 0.330 e. The van der Waals surface area contributed by atoms with Crippen LogP contribution in [0.1, 0.15) is 20.3 Å². The molecule has 0 aromatic heterocycles. The van der Waals surface area contributed by atoms with E-state index in [0.29, 0.717) is 6.61 Å². The van der Waals surface area contributed by atoms with E-state index in [9.17, 15) is 9.59 Å². The van der Waals surface area contributed by atoms with Gasteiger partial charge in [-0.3, -0.25) is 4.79 Å². The van der Waals surface area contributed by atoms with Gasteiger partial charge in [0.05, 0.1) is 19.6 Å². The first-order valence-electron chi connectivity index (χ1n) is 6.88. The van der Waals surface area contributed by atoms with E-state index in [-0.39, 0.29) is 32.2 Å². The number of carbonyl (C=O) groups excluding carboxylic acids is 2. The largest absolute Gasteiger partial charge is 0.464 e. The van der Waals surface area contributed by atoms with Crippen LogP contribution >= 0.6 is 0 Å². The Morgan fingerprint density at radius 3 is 2.35 bits per heavy atom. The van der Waals surface area contributed by atoms with Crippen LogP contribution in [-0.2, 0) is 23.8 Å². The molecule has 0 N–H and O–H groups in total. The highest BCUT2D eigenvalue weighted by Crippen LogP contribution is 1.92. The van der Waals surface area contributed by atoms with E-state index in [1.54, 1.807) is 0 Å². The topological polar surface area (TPSA) is 65.1 Å². The van der Waals surface area contributed by atoms with Gasteiger partial charge in [0, 0.05) is 12.6 Å². The summed E-state index contributed by atoms with van der Waals surface area (Å²) in [7, 11) is 0. The van der Waals surface area contributed by atoms with Gasteiger partial charge in [0.2, 0.25) is 0 Å². The van der Waals surface area contributed by atoms with Gasteiger partial charge >= 0.3 is 11.9 Å². The average Bonchev–Trinajstić information content (AvgIpc) is 2.46. The molecule has 6 nitrogen and oxygen atoms in total. The predicted molar refractivity (Wildman–Crippen MR) is 75.3 cm³/mol. The summed E-state index contributed by atoms with van der Waals surface area (Å²) in [6.07, 6.45) is 1.29. The van der Waals surface area contributed by atoms with Gasteiger partial charge in [-0.1, -0.05) is 20.4 Å². The molecule has 0 aliphatic carbocycles. The first-order chi connectivity index (χ1) is 9.63. The second-order valence-electron chi connectivity index (χ2n) is 3.98. The molecular weight excluding hydrogens is 262 g/mol. The van der Waals surface area contributed by atoms with Crippen LogP contribution in [-0.4, -0.2) is 62.9 Å². The molecule has 6 heteroatoms. The lowest BCUT2D eigenvalue weighted by atomic mass is 10.4. The van der Waals surface area contributed by atoms with Crippen LogP contribution in [0.4, 0.5) is 0 Å². The van der Waals surface area contributed by atoms with Gasteiger partial charge in [-0.25, -0.2) is 4.79 Å². The zero-order valence-electron chi connectivity index (χ0n) is 12.4. The number of nitrogens with zero attached hydrogens (tertiary/aromatic N) is 1. The molecule has 0 amide bonds. The molecular formula is C14H25NO5. The molecule has 0 unspecified atom stereocenters. The Hall–Kier alpha value is -1.40. The predicted octanol–water partition coefficient (Wildman–Crippen LogP) is 1.01. The highest BCUT2D eigenvalue weighted by atomic mass is 16.6. The van der Waals surface area contributed by atoms with E-state index < -0.39 is 5.97 Å². The van der Waals surface area contributed by atoms with Crippen LogP contribution in [0.15, 0.2) is 12.7 Å². The van der Waals surface area contributed by atoms with Crippen LogP contribution in [0.5, 0.6) is 0 Å². The fraction of sp³-hybridized carbons (Fsp3) is 0.714. The first kappa shape index (κ1) is 18.6. The number of rotatable bonds is 12. The molecule has 0 aromatic rings. The maximum absolute atomic E-state index is 11.4. The zero-order valence-corrected chi connectivity index (χ0v) is 12.4. The maximum Gasteiger partial charge on any atom is 0.330 e. The van der Waals surface area contributed by atoms with E-state index in [1.807, 2.05) is 0 Å². The minimum Gasteiger partial charge on any atom is -0.464 e. The molecule has 0 aliphatic rings. The van der Waals surface area contributed by atoms with E-state index in [0.717, 1.165) is 25.7 Å². The van der Waals surface area contributed by atoms with Gasteiger partial charge in [-0.2, -0.15) is 0 Å². The summed E-state index contributed by atoms with van der Waals surface area (Å²) in [4.78, 5) is 24.2. The number of ether oxygens (including phenoxy) is 3. The lowest BCUT2D eigenvalue weighted by Crippen LogP contribution is -2.28. The van der Waals surface area contributed by atoms with Crippen molar-refractivity contribution in [2.24, 2.45) is 0 Å². The van der Waals surface area contributed by atoms with E-state index in [2.05, 4.69) is 25.3 Å². The summed E-state index contributed by atoms with van der Waals surface area (Å²) in [6, 6.07) is 0. The molecule has 0 radical (unpaired) electrons. The SMILES string of the molecule is C=CC(=O)OCCOCCC(=O)OCCN(CC)CC. The highest BCUT2D eigenvalue weighted by molar-refractivity contribution is 5.81. The molecule has 0 heterocycles. The molecule has 0 fully saturated rings. The third kappa shape index (κ3) is 10.5.